The molecule has 0 saturated carbocycles. The second kappa shape index (κ2) is 10.4. The maximum atomic E-state index is 3.59. The Kier molecular flexibility index (Phi) is 10.3. The standard InChI is InChI=1S/C16H26N2.2ClH/c1-13(2)16-5-3-14(4-6-16)11-18-12-15-7-9-17-10-8-15;;/h3-6,13,15,17-18H,7-12H2,1-2H3;2*1H/p-2. The second-order valence-electron chi connectivity index (χ2n) is 5.72. The maximum absolute atomic E-state index is 3.59. The van der Waals surface area contributed by atoms with Crippen LogP contribution in [0.1, 0.15) is 43.7 Å². The van der Waals surface area contributed by atoms with Crippen molar-refractivity contribution in [3.8, 4) is 0 Å². The summed E-state index contributed by atoms with van der Waals surface area (Å²) >= 11 is 0. The van der Waals surface area contributed by atoms with Crippen molar-refractivity contribution in [2.75, 3.05) is 19.6 Å². The molecule has 1 aliphatic rings. The third-order valence-corrected chi connectivity index (χ3v) is 3.87. The van der Waals surface area contributed by atoms with Gasteiger partial charge in [-0.3, -0.25) is 0 Å². The van der Waals surface area contributed by atoms with Gasteiger partial charge in [-0.15, -0.1) is 0 Å². The topological polar surface area (TPSA) is 24.1 Å². The Hall–Kier alpha value is -0.280. The molecule has 1 aromatic rings. The van der Waals surface area contributed by atoms with Crippen LogP contribution in [0.15, 0.2) is 24.3 Å². The van der Waals surface area contributed by atoms with Crippen LogP contribution in [0, 0.1) is 5.92 Å². The fraction of sp³-hybridized carbons (Fsp3) is 0.625. The maximum Gasteiger partial charge on any atom is 0.0205 e. The van der Waals surface area contributed by atoms with Crippen molar-refractivity contribution in [2.24, 2.45) is 5.92 Å². The van der Waals surface area contributed by atoms with Gasteiger partial charge in [-0.25, -0.2) is 0 Å². The molecule has 1 heterocycles. The van der Waals surface area contributed by atoms with Crippen LogP contribution in [-0.4, -0.2) is 19.6 Å². The minimum atomic E-state index is 0. The minimum Gasteiger partial charge on any atom is -1.00 e. The predicted molar refractivity (Wildman–Crippen MR) is 77.8 cm³/mol. The highest BCUT2D eigenvalue weighted by Crippen LogP contribution is 2.15. The summed E-state index contributed by atoms with van der Waals surface area (Å²) in [5.41, 5.74) is 2.82. The Morgan fingerprint density at radius 3 is 2.25 bits per heavy atom. The van der Waals surface area contributed by atoms with E-state index in [9.17, 15) is 0 Å². The average Bonchev–Trinajstić information content (AvgIpc) is 2.40. The van der Waals surface area contributed by atoms with Gasteiger partial charge < -0.3 is 35.4 Å². The number of halogens is 2. The zero-order chi connectivity index (χ0) is 12.8. The van der Waals surface area contributed by atoms with Crippen molar-refractivity contribution >= 4 is 0 Å². The molecule has 0 bridgehead atoms. The summed E-state index contributed by atoms with van der Waals surface area (Å²) in [5, 5.41) is 7.00. The van der Waals surface area contributed by atoms with E-state index in [1.807, 2.05) is 0 Å². The molecule has 2 nitrogen and oxygen atoms in total. The molecule has 0 unspecified atom stereocenters. The van der Waals surface area contributed by atoms with Crippen LogP contribution in [0.5, 0.6) is 0 Å². The summed E-state index contributed by atoms with van der Waals surface area (Å²) in [5.74, 6) is 1.49. The smallest absolute Gasteiger partial charge is 0.0205 e. The largest absolute Gasteiger partial charge is 1.00 e. The fourth-order valence-electron chi connectivity index (χ4n) is 2.53. The van der Waals surface area contributed by atoms with Gasteiger partial charge in [0.05, 0.1) is 0 Å². The Bertz CT molecular complexity index is 346. The molecular weight excluding hydrogens is 291 g/mol. The van der Waals surface area contributed by atoms with Crippen LogP contribution >= 0.6 is 0 Å². The Balaban J connectivity index is 0.00000180. The van der Waals surface area contributed by atoms with Gasteiger partial charge in [0.25, 0.3) is 0 Å². The van der Waals surface area contributed by atoms with Crippen LogP contribution in [0.2, 0.25) is 0 Å². The van der Waals surface area contributed by atoms with Gasteiger partial charge in [0, 0.05) is 6.54 Å². The molecule has 2 N–H and O–H groups in total. The van der Waals surface area contributed by atoms with Gasteiger partial charge in [-0.1, -0.05) is 38.1 Å². The summed E-state index contributed by atoms with van der Waals surface area (Å²) in [6.45, 7) is 9.02. The molecule has 1 fully saturated rings. The number of rotatable bonds is 5. The van der Waals surface area contributed by atoms with Crippen LogP contribution in [0.4, 0.5) is 0 Å². The Morgan fingerprint density at radius 2 is 1.70 bits per heavy atom. The van der Waals surface area contributed by atoms with Crippen molar-refractivity contribution in [1.82, 2.24) is 10.6 Å². The van der Waals surface area contributed by atoms with E-state index in [-0.39, 0.29) is 24.8 Å². The number of nitrogens with one attached hydrogen (secondary N) is 2. The SMILES string of the molecule is CC(C)c1ccc(CNCC2CCNCC2)cc1.[Cl-].[Cl-]. The second-order valence-corrected chi connectivity index (χ2v) is 5.72. The lowest BCUT2D eigenvalue weighted by atomic mass is 9.98. The molecule has 0 spiro atoms. The first-order valence-corrected chi connectivity index (χ1v) is 7.26. The molecule has 0 aliphatic carbocycles. The van der Waals surface area contributed by atoms with Crippen molar-refractivity contribution < 1.29 is 24.8 Å². The minimum absolute atomic E-state index is 0. The predicted octanol–water partition coefficient (Wildman–Crippen LogP) is -3.09. The first-order chi connectivity index (χ1) is 8.75. The molecule has 0 radical (unpaired) electrons. The zero-order valence-electron chi connectivity index (χ0n) is 12.5. The van der Waals surface area contributed by atoms with E-state index in [1.54, 1.807) is 0 Å². The lowest BCUT2D eigenvalue weighted by Crippen LogP contribution is -3.00. The summed E-state index contributed by atoms with van der Waals surface area (Å²) in [4.78, 5) is 0. The van der Waals surface area contributed by atoms with Gasteiger partial charge in [-0.2, -0.15) is 0 Å². The fourth-order valence-corrected chi connectivity index (χ4v) is 2.53. The van der Waals surface area contributed by atoms with Gasteiger partial charge in [0.15, 0.2) is 0 Å². The van der Waals surface area contributed by atoms with Crippen molar-refractivity contribution in [3.63, 3.8) is 0 Å². The summed E-state index contributed by atoms with van der Waals surface area (Å²) in [7, 11) is 0. The molecule has 2 rings (SSSR count). The average molecular weight is 317 g/mol. The van der Waals surface area contributed by atoms with Crippen molar-refractivity contribution in [3.05, 3.63) is 35.4 Å². The van der Waals surface area contributed by atoms with E-state index < -0.39 is 0 Å². The van der Waals surface area contributed by atoms with Crippen LogP contribution < -0.4 is 35.4 Å². The molecule has 1 saturated heterocycles. The van der Waals surface area contributed by atoms with E-state index in [4.69, 9.17) is 0 Å². The van der Waals surface area contributed by atoms with E-state index in [0.29, 0.717) is 5.92 Å². The first kappa shape index (κ1) is 19.7. The number of hydrogen-bond acceptors (Lipinski definition) is 2. The van der Waals surface area contributed by atoms with Gasteiger partial charge in [0.2, 0.25) is 0 Å². The normalized spacial score (nSPS) is 15.6. The molecule has 1 aromatic carbocycles. The third-order valence-electron chi connectivity index (χ3n) is 3.87. The van der Waals surface area contributed by atoms with E-state index in [0.717, 1.165) is 19.0 Å². The molecular formula is C16H26Cl2N2-2. The van der Waals surface area contributed by atoms with E-state index in [2.05, 4.69) is 48.7 Å². The summed E-state index contributed by atoms with van der Waals surface area (Å²) in [6.07, 6.45) is 2.64. The van der Waals surface area contributed by atoms with Crippen LogP contribution in [0.3, 0.4) is 0 Å². The third kappa shape index (κ3) is 6.45. The van der Waals surface area contributed by atoms with Crippen molar-refractivity contribution in [2.45, 2.75) is 39.2 Å². The highest BCUT2D eigenvalue weighted by atomic mass is 35.5. The summed E-state index contributed by atoms with van der Waals surface area (Å²) < 4.78 is 0. The summed E-state index contributed by atoms with van der Waals surface area (Å²) in [6, 6.07) is 9.02. The molecule has 20 heavy (non-hydrogen) atoms. The molecule has 4 heteroatoms. The van der Waals surface area contributed by atoms with Gasteiger partial charge >= 0.3 is 0 Å². The number of hydrogen-bond donors (Lipinski definition) is 2. The van der Waals surface area contributed by atoms with E-state index >= 15 is 0 Å². The monoisotopic (exact) mass is 316 g/mol. The lowest BCUT2D eigenvalue weighted by Gasteiger charge is -2.22. The quantitative estimate of drug-likeness (QED) is 0.602. The Morgan fingerprint density at radius 1 is 1.10 bits per heavy atom. The van der Waals surface area contributed by atoms with E-state index in [1.165, 1.54) is 37.1 Å². The van der Waals surface area contributed by atoms with Crippen LogP contribution in [0.25, 0.3) is 0 Å². The van der Waals surface area contributed by atoms with Gasteiger partial charge in [-0.05, 0) is 55.4 Å². The highest BCUT2D eigenvalue weighted by molar-refractivity contribution is 5.24. The molecule has 0 aromatic heterocycles. The number of benzene rings is 1. The zero-order valence-corrected chi connectivity index (χ0v) is 14.0. The number of piperidine rings is 1. The van der Waals surface area contributed by atoms with Gasteiger partial charge in [0.1, 0.15) is 0 Å². The van der Waals surface area contributed by atoms with Crippen LogP contribution in [-0.2, 0) is 6.54 Å². The molecule has 0 atom stereocenters. The molecule has 1 aliphatic heterocycles. The molecule has 116 valence electrons. The lowest BCUT2D eigenvalue weighted by molar-refractivity contribution is -0.00100. The first-order valence-electron chi connectivity index (χ1n) is 7.26. The Labute approximate surface area is 135 Å². The highest BCUT2D eigenvalue weighted by Gasteiger charge is 2.11. The van der Waals surface area contributed by atoms with Crippen molar-refractivity contribution in [1.29, 1.82) is 0 Å². The molecule has 0 amide bonds.